The minimum absolute atomic E-state index is 0. The van der Waals surface area contributed by atoms with Crippen molar-refractivity contribution < 1.29 is 0 Å². The molecule has 0 atom stereocenters. The Morgan fingerprint density at radius 2 is 2.08 bits per heavy atom. The quantitative estimate of drug-likeness (QED) is 0.378. The van der Waals surface area contributed by atoms with E-state index in [1.165, 1.54) is 24.0 Å². The van der Waals surface area contributed by atoms with E-state index >= 15 is 0 Å². The van der Waals surface area contributed by atoms with Crippen molar-refractivity contribution >= 4 is 41.5 Å². The Balaban J connectivity index is 0.00000225. The monoisotopic (exact) mass is 472 g/mol. The summed E-state index contributed by atoms with van der Waals surface area (Å²) in [6, 6.07) is 10.3. The van der Waals surface area contributed by atoms with E-state index in [1.54, 1.807) is 0 Å². The fourth-order valence-electron chi connectivity index (χ4n) is 2.96. The molecule has 0 unspecified atom stereocenters. The number of hydrogen-bond donors (Lipinski definition) is 2. The van der Waals surface area contributed by atoms with Crippen LogP contribution in [0.2, 0.25) is 5.02 Å². The van der Waals surface area contributed by atoms with Gasteiger partial charge in [0.05, 0.1) is 6.54 Å². The zero-order chi connectivity index (χ0) is 17.0. The lowest BCUT2D eigenvalue weighted by Gasteiger charge is -2.19. The van der Waals surface area contributed by atoms with E-state index in [0.717, 1.165) is 24.1 Å². The van der Waals surface area contributed by atoms with Gasteiger partial charge in [-0.05, 0) is 49.1 Å². The number of halogens is 2. The van der Waals surface area contributed by atoms with Crippen molar-refractivity contribution in [1.82, 2.24) is 15.2 Å². The molecule has 1 saturated carbocycles. The molecule has 1 aromatic heterocycles. The van der Waals surface area contributed by atoms with Gasteiger partial charge in [-0.3, -0.25) is 0 Å². The fraction of sp³-hybridized carbons (Fsp3) is 0.421. The molecule has 2 N–H and O–H groups in total. The SMILES string of the molecule is CCNC(=NCc1ccn(C)c1)NCC1(c2cccc(Cl)c2)CC1.I. The average molecular weight is 473 g/mol. The molecule has 25 heavy (non-hydrogen) atoms. The van der Waals surface area contributed by atoms with E-state index in [0.29, 0.717) is 6.54 Å². The highest BCUT2D eigenvalue weighted by Gasteiger charge is 2.44. The van der Waals surface area contributed by atoms with Crippen LogP contribution in [0.5, 0.6) is 0 Å². The maximum absolute atomic E-state index is 6.15. The van der Waals surface area contributed by atoms with Crippen LogP contribution in [-0.4, -0.2) is 23.6 Å². The van der Waals surface area contributed by atoms with Crippen LogP contribution in [0.4, 0.5) is 0 Å². The van der Waals surface area contributed by atoms with Crippen LogP contribution >= 0.6 is 35.6 Å². The average Bonchev–Trinajstić information content (AvgIpc) is 3.25. The number of rotatable bonds is 6. The molecule has 6 heteroatoms. The number of aryl methyl sites for hydroxylation is 1. The van der Waals surface area contributed by atoms with Gasteiger partial charge < -0.3 is 15.2 Å². The molecular formula is C19H26ClIN4. The Kier molecular flexibility index (Phi) is 7.19. The number of benzene rings is 1. The van der Waals surface area contributed by atoms with Gasteiger partial charge in [-0.15, -0.1) is 24.0 Å². The summed E-state index contributed by atoms with van der Waals surface area (Å²) in [5.41, 5.74) is 2.74. The second-order valence-electron chi connectivity index (χ2n) is 6.52. The van der Waals surface area contributed by atoms with E-state index in [1.807, 2.05) is 29.9 Å². The van der Waals surface area contributed by atoms with Crippen molar-refractivity contribution in [1.29, 1.82) is 0 Å². The Bertz CT molecular complexity index is 722. The molecule has 0 aliphatic heterocycles. The van der Waals surface area contributed by atoms with Crippen molar-refractivity contribution in [2.45, 2.75) is 31.7 Å². The lowest BCUT2D eigenvalue weighted by atomic mass is 9.96. The first-order valence-electron chi connectivity index (χ1n) is 8.50. The second kappa shape index (κ2) is 8.94. The summed E-state index contributed by atoms with van der Waals surface area (Å²) in [6.07, 6.45) is 6.53. The largest absolute Gasteiger partial charge is 0.357 e. The summed E-state index contributed by atoms with van der Waals surface area (Å²) < 4.78 is 2.05. The third kappa shape index (κ3) is 5.38. The highest BCUT2D eigenvalue weighted by Crippen LogP contribution is 2.48. The molecule has 0 saturated heterocycles. The maximum atomic E-state index is 6.15. The molecule has 1 aliphatic rings. The van der Waals surface area contributed by atoms with Crippen LogP contribution in [0.25, 0.3) is 0 Å². The Hall–Kier alpha value is -1.21. The zero-order valence-corrected chi connectivity index (χ0v) is 17.8. The highest BCUT2D eigenvalue weighted by molar-refractivity contribution is 14.0. The highest BCUT2D eigenvalue weighted by atomic mass is 127. The Morgan fingerprint density at radius 3 is 2.68 bits per heavy atom. The summed E-state index contributed by atoms with van der Waals surface area (Å²) in [4.78, 5) is 4.69. The van der Waals surface area contributed by atoms with Crippen LogP contribution in [0.3, 0.4) is 0 Å². The lowest BCUT2D eigenvalue weighted by Crippen LogP contribution is -2.41. The molecule has 0 amide bonds. The van der Waals surface area contributed by atoms with Crippen LogP contribution in [-0.2, 0) is 19.0 Å². The molecule has 1 aromatic carbocycles. The fourth-order valence-corrected chi connectivity index (χ4v) is 3.15. The van der Waals surface area contributed by atoms with Crippen molar-refractivity contribution in [2.24, 2.45) is 12.0 Å². The van der Waals surface area contributed by atoms with Gasteiger partial charge in [0, 0.05) is 43.0 Å². The van der Waals surface area contributed by atoms with Crippen LogP contribution in [0, 0.1) is 0 Å². The van der Waals surface area contributed by atoms with Gasteiger partial charge in [0.1, 0.15) is 0 Å². The Labute approximate surface area is 172 Å². The van der Waals surface area contributed by atoms with Crippen LogP contribution < -0.4 is 10.6 Å². The molecule has 2 aromatic rings. The van der Waals surface area contributed by atoms with Crippen molar-refractivity contribution in [2.75, 3.05) is 13.1 Å². The molecule has 136 valence electrons. The molecular weight excluding hydrogens is 447 g/mol. The van der Waals surface area contributed by atoms with Gasteiger partial charge in [0.2, 0.25) is 0 Å². The molecule has 1 aliphatic carbocycles. The van der Waals surface area contributed by atoms with Crippen molar-refractivity contribution in [3.8, 4) is 0 Å². The smallest absolute Gasteiger partial charge is 0.191 e. The number of aliphatic imine (C=N–C) groups is 1. The minimum atomic E-state index is 0. The third-order valence-electron chi connectivity index (χ3n) is 4.54. The molecule has 0 spiro atoms. The standard InChI is InChI=1S/C19H25ClN4.HI/c1-3-21-18(22-12-15-7-10-24(2)13-15)23-14-19(8-9-19)16-5-4-6-17(20)11-16;/h4-7,10-11,13H,3,8-9,12,14H2,1-2H3,(H2,21,22,23);1H. The van der Waals surface area contributed by atoms with Gasteiger partial charge in [-0.2, -0.15) is 0 Å². The number of nitrogens with zero attached hydrogens (tertiary/aromatic N) is 2. The summed E-state index contributed by atoms with van der Waals surface area (Å²) in [5.74, 6) is 0.870. The summed E-state index contributed by atoms with van der Waals surface area (Å²) in [7, 11) is 2.03. The minimum Gasteiger partial charge on any atom is -0.357 e. The van der Waals surface area contributed by atoms with Gasteiger partial charge in [-0.1, -0.05) is 23.7 Å². The summed E-state index contributed by atoms with van der Waals surface area (Å²) >= 11 is 6.15. The van der Waals surface area contributed by atoms with E-state index in [-0.39, 0.29) is 29.4 Å². The van der Waals surface area contributed by atoms with Gasteiger partial charge >= 0.3 is 0 Å². The van der Waals surface area contributed by atoms with Gasteiger partial charge in [0.15, 0.2) is 5.96 Å². The second-order valence-corrected chi connectivity index (χ2v) is 6.96. The van der Waals surface area contributed by atoms with E-state index in [4.69, 9.17) is 16.6 Å². The Morgan fingerprint density at radius 1 is 1.28 bits per heavy atom. The topological polar surface area (TPSA) is 41.4 Å². The maximum Gasteiger partial charge on any atom is 0.191 e. The van der Waals surface area contributed by atoms with Crippen LogP contribution in [0.15, 0.2) is 47.7 Å². The molecule has 1 heterocycles. The first-order chi connectivity index (χ1) is 11.6. The number of aromatic nitrogens is 1. The van der Waals surface area contributed by atoms with E-state index < -0.39 is 0 Å². The predicted octanol–water partition coefficient (Wildman–Crippen LogP) is 4.08. The molecule has 0 bridgehead atoms. The zero-order valence-electron chi connectivity index (χ0n) is 14.8. The van der Waals surface area contributed by atoms with Crippen molar-refractivity contribution in [3.63, 3.8) is 0 Å². The normalized spacial score (nSPS) is 15.4. The predicted molar refractivity (Wildman–Crippen MR) is 116 cm³/mol. The first-order valence-corrected chi connectivity index (χ1v) is 8.88. The van der Waals surface area contributed by atoms with Gasteiger partial charge in [-0.25, -0.2) is 4.99 Å². The van der Waals surface area contributed by atoms with E-state index in [2.05, 4.69) is 42.0 Å². The number of nitrogens with one attached hydrogen (secondary N) is 2. The lowest BCUT2D eigenvalue weighted by molar-refractivity contribution is 0.646. The molecule has 4 nitrogen and oxygen atoms in total. The third-order valence-corrected chi connectivity index (χ3v) is 4.78. The van der Waals surface area contributed by atoms with Gasteiger partial charge in [0.25, 0.3) is 0 Å². The van der Waals surface area contributed by atoms with Crippen LogP contribution in [0.1, 0.15) is 30.9 Å². The summed E-state index contributed by atoms with van der Waals surface area (Å²) in [6.45, 7) is 4.50. The number of hydrogen-bond acceptors (Lipinski definition) is 1. The number of guanidine groups is 1. The summed E-state index contributed by atoms with van der Waals surface area (Å²) in [5, 5.41) is 7.65. The molecule has 0 radical (unpaired) electrons. The first kappa shape index (κ1) is 20.1. The van der Waals surface area contributed by atoms with E-state index in [9.17, 15) is 0 Å². The van der Waals surface area contributed by atoms with Crippen molar-refractivity contribution in [3.05, 3.63) is 58.9 Å². The molecule has 1 fully saturated rings. The molecule has 3 rings (SSSR count).